The van der Waals surface area contributed by atoms with E-state index in [1.807, 2.05) is 6.07 Å². The molecule has 0 bridgehead atoms. The molecule has 0 aliphatic carbocycles. The molecule has 12 heteroatoms. The molecule has 1 heterocycles. The predicted molar refractivity (Wildman–Crippen MR) is 157 cm³/mol. The van der Waals surface area contributed by atoms with Crippen LogP contribution < -0.4 is 5.32 Å². The van der Waals surface area contributed by atoms with E-state index in [9.17, 15) is 18.5 Å². The molecule has 204 valence electrons. The molecular formula is C28H19Cl4N3O4S. The normalized spacial score (nSPS) is 11.8. The van der Waals surface area contributed by atoms with Gasteiger partial charge < -0.3 is 9.73 Å². The van der Waals surface area contributed by atoms with E-state index >= 15 is 0 Å². The Kier molecular flexibility index (Phi) is 9.59. The number of carbonyl (C=O) groups excluding carboxylic acids is 1. The minimum Gasteiger partial charge on any atom is -0.460 e. The van der Waals surface area contributed by atoms with E-state index in [1.54, 1.807) is 48.5 Å². The third-order valence-corrected chi connectivity index (χ3v) is 8.61. The lowest BCUT2D eigenvalue weighted by atomic mass is 10.2. The van der Waals surface area contributed by atoms with Crippen LogP contribution in [0.25, 0.3) is 6.08 Å². The van der Waals surface area contributed by atoms with Gasteiger partial charge in [0.25, 0.3) is 5.91 Å². The van der Waals surface area contributed by atoms with E-state index in [1.165, 1.54) is 40.7 Å². The van der Waals surface area contributed by atoms with Gasteiger partial charge in [0.2, 0.25) is 10.0 Å². The van der Waals surface area contributed by atoms with Gasteiger partial charge in [0.15, 0.2) is 0 Å². The topological polar surface area (TPSA) is 103 Å². The summed E-state index contributed by atoms with van der Waals surface area (Å²) in [5, 5.41) is 13.7. The molecule has 0 spiro atoms. The minimum atomic E-state index is -4.01. The molecule has 40 heavy (non-hydrogen) atoms. The van der Waals surface area contributed by atoms with Crippen molar-refractivity contribution in [1.82, 2.24) is 4.31 Å². The number of rotatable bonds is 9. The maximum atomic E-state index is 13.6. The molecule has 0 saturated carbocycles. The number of anilines is 1. The smallest absolute Gasteiger partial charge is 0.266 e. The van der Waals surface area contributed by atoms with Crippen molar-refractivity contribution >= 4 is 74.1 Å². The SMILES string of the molecule is N#C/C(=C/c1ccc(CN(Cc2ccc(Cl)c(Cl)c2)S(=O)(=O)c2ccc(Cl)cc2)o1)C(=O)Nc1ccc(Cl)cc1. The monoisotopic (exact) mass is 633 g/mol. The number of benzene rings is 3. The lowest BCUT2D eigenvalue weighted by Gasteiger charge is -2.22. The van der Waals surface area contributed by atoms with Gasteiger partial charge in [-0.2, -0.15) is 9.57 Å². The summed E-state index contributed by atoms with van der Waals surface area (Å²) < 4.78 is 34.2. The standard InChI is InChI=1S/C28H19Cl4N3O4S/c29-20-2-6-22(7-3-20)34-28(36)19(15-33)14-23-8-9-24(39-23)17-35(16-18-1-12-26(31)27(32)13-18)40(37,38)25-10-4-21(30)5-11-25/h1-14H,16-17H2,(H,34,36)/b19-14-. The third-order valence-electron chi connectivity index (χ3n) is 5.56. The first kappa shape index (κ1) is 29.7. The summed E-state index contributed by atoms with van der Waals surface area (Å²) in [4.78, 5) is 12.6. The fraction of sp³-hybridized carbons (Fsp3) is 0.0714. The lowest BCUT2D eigenvalue weighted by Crippen LogP contribution is -2.30. The van der Waals surface area contributed by atoms with Crippen LogP contribution in [0.15, 0.2) is 93.7 Å². The number of halogens is 4. The number of nitriles is 1. The van der Waals surface area contributed by atoms with Crippen molar-refractivity contribution in [1.29, 1.82) is 5.26 Å². The molecule has 4 rings (SSSR count). The first-order valence-corrected chi connectivity index (χ1v) is 14.5. The number of hydrogen-bond donors (Lipinski definition) is 1. The molecule has 7 nitrogen and oxygen atoms in total. The largest absolute Gasteiger partial charge is 0.460 e. The van der Waals surface area contributed by atoms with Crippen LogP contribution in [0.4, 0.5) is 5.69 Å². The molecule has 4 aromatic rings. The van der Waals surface area contributed by atoms with Gasteiger partial charge in [-0.15, -0.1) is 0 Å². The highest BCUT2D eigenvalue weighted by atomic mass is 35.5. The van der Waals surface area contributed by atoms with Crippen LogP contribution in [0.5, 0.6) is 0 Å². The zero-order chi connectivity index (χ0) is 28.9. The molecule has 0 atom stereocenters. The summed E-state index contributed by atoms with van der Waals surface area (Å²) in [5.74, 6) is -0.176. The Morgan fingerprint density at radius 3 is 2.15 bits per heavy atom. The maximum absolute atomic E-state index is 13.6. The van der Waals surface area contributed by atoms with Crippen molar-refractivity contribution in [2.24, 2.45) is 0 Å². The quantitative estimate of drug-likeness (QED) is 0.149. The van der Waals surface area contributed by atoms with Gasteiger partial charge in [0, 0.05) is 28.4 Å². The first-order chi connectivity index (χ1) is 19.0. The fourth-order valence-electron chi connectivity index (χ4n) is 3.58. The molecular weight excluding hydrogens is 616 g/mol. The van der Waals surface area contributed by atoms with Gasteiger partial charge >= 0.3 is 0 Å². The molecule has 0 saturated heterocycles. The fourth-order valence-corrected chi connectivity index (χ4v) is 5.54. The molecule has 1 aromatic heterocycles. The van der Waals surface area contributed by atoms with Gasteiger partial charge in [0.05, 0.1) is 21.5 Å². The summed E-state index contributed by atoms with van der Waals surface area (Å²) >= 11 is 24.0. The Morgan fingerprint density at radius 1 is 0.875 bits per heavy atom. The van der Waals surface area contributed by atoms with Gasteiger partial charge in [-0.05, 0) is 78.4 Å². The zero-order valence-corrected chi connectivity index (χ0v) is 24.3. The molecule has 0 radical (unpaired) electrons. The molecule has 3 aromatic carbocycles. The highest BCUT2D eigenvalue weighted by Gasteiger charge is 2.26. The number of nitrogens with one attached hydrogen (secondary N) is 1. The zero-order valence-electron chi connectivity index (χ0n) is 20.4. The van der Waals surface area contributed by atoms with Crippen LogP contribution in [0, 0.1) is 11.3 Å². The van der Waals surface area contributed by atoms with E-state index < -0.39 is 15.9 Å². The Hall–Kier alpha value is -3.29. The molecule has 0 fully saturated rings. The van der Waals surface area contributed by atoms with Gasteiger partial charge in [-0.1, -0.05) is 52.5 Å². The lowest BCUT2D eigenvalue weighted by molar-refractivity contribution is -0.112. The summed E-state index contributed by atoms with van der Waals surface area (Å²) in [6.45, 7) is -0.196. The molecule has 1 amide bonds. The third kappa shape index (κ3) is 7.46. The average molecular weight is 635 g/mol. The second kappa shape index (κ2) is 12.9. The summed E-state index contributed by atoms with van der Waals surface area (Å²) in [5.41, 5.74) is 0.850. The molecule has 0 aliphatic heterocycles. The Bertz CT molecular complexity index is 1710. The number of amides is 1. The number of furan rings is 1. The molecule has 0 aliphatic rings. The predicted octanol–water partition coefficient (Wildman–Crippen LogP) is 7.83. The van der Waals surface area contributed by atoms with Crippen molar-refractivity contribution < 1.29 is 17.6 Å². The van der Waals surface area contributed by atoms with Crippen LogP contribution in [0.1, 0.15) is 17.1 Å². The second-order valence-electron chi connectivity index (χ2n) is 8.41. The Morgan fingerprint density at radius 2 is 1.52 bits per heavy atom. The van der Waals surface area contributed by atoms with Crippen LogP contribution in [-0.4, -0.2) is 18.6 Å². The van der Waals surface area contributed by atoms with E-state index in [0.717, 1.165) is 0 Å². The Labute approximate surface area is 251 Å². The van der Waals surface area contributed by atoms with Crippen LogP contribution in [-0.2, 0) is 27.9 Å². The summed E-state index contributed by atoms with van der Waals surface area (Å²) in [7, 11) is -4.01. The van der Waals surface area contributed by atoms with Crippen molar-refractivity contribution in [3.05, 3.63) is 122 Å². The molecule has 0 unspecified atom stereocenters. The number of sulfonamides is 1. The Balaban J connectivity index is 1.59. The van der Waals surface area contributed by atoms with Gasteiger partial charge in [-0.3, -0.25) is 4.79 Å². The van der Waals surface area contributed by atoms with Gasteiger partial charge in [0.1, 0.15) is 23.2 Å². The van der Waals surface area contributed by atoms with Crippen LogP contribution in [0.2, 0.25) is 20.1 Å². The first-order valence-electron chi connectivity index (χ1n) is 11.5. The van der Waals surface area contributed by atoms with E-state index in [4.69, 9.17) is 50.8 Å². The van der Waals surface area contributed by atoms with Crippen molar-refractivity contribution in [3.63, 3.8) is 0 Å². The summed E-state index contributed by atoms with van der Waals surface area (Å²) in [6.07, 6.45) is 1.27. The highest BCUT2D eigenvalue weighted by Crippen LogP contribution is 2.27. The number of carbonyl (C=O) groups is 1. The van der Waals surface area contributed by atoms with Crippen molar-refractivity contribution in [2.75, 3.05) is 5.32 Å². The van der Waals surface area contributed by atoms with E-state index in [2.05, 4.69) is 5.32 Å². The van der Waals surface area contributed by atoms with Crippen molar-refractivity contribution in [2.45, 2.75) is 18.0 Å². The second-order valence-corrected chi connectivity index (χ2v) is 12.0. The van der Waals surface area contributed by atoms with E-state index in [-0.39, 0.29) is 40.1 Å². The molecule has 1 N–H and O–H groups in total. The van der Waals surface area contributed by atoms with Crippen molar-refractivity contribution in [3.8, 4) is 6.07 Å². The van der Waals surface area contributed by atoms with Crippen LogP contribution in [0.3, 0.4) is 0 Å². The minimum absolute atomic E-state index is 0.0364. The number of hydrogen-bond acceptors (Lipinski definition) is 5. The van der Waals surface area contributed by atoms with Crippen LogP contribution >= 0.6 is 46.4 Å². The highest BCUT2D eigenvalue weighted by molar-refractivity contribution is 7.89. The summed E-state index contributed by atoms with van der Waals surface area (Å²) in [6, 6.07) is 22.0. The van der Waals surface area contributed by atoms with E-state index in [0.29, 0.717) is 26.3 Å². The number of nitrogens with zero attached hydrogens (tertiary/aromatic N) is 2. The maximum Gasteiger partial charge on any atom is 0.266 e. The van der Waals surface area contributed by atoms with Gasteiger partial charge in [-0.25, -0.2) is 8.42 Å². The average Bonchev–Trinajstić information content (AvgIpc) is 3.37.